The molecule has 0 saturated heterocycles. The van der Waals surface area contributed by atoms with Crippen LogP contribution in [0.15, 0.2) is 24.3 Å². The molecule has 6 heteroatoms. The van der Waals surface area contributed by atoms with Crippen molar-refractivity contribution in [2.75, 3.05) is 5.32 Å². The first-order chi connectivity index (χ1) is 9.71. The topological polar surface area (TPSA) is 88.4 Å². The maximum absolute atomic E-state index is 11.8. The van der Waals surface area contributed by atoms with Crippen molar-refractivity contribution in [3.8, 4) is 6.07 Å². The van der Waals surface area contributed by atoms with Crippen LogP contribution in [0.2, 0.25) is 0 Å². The Hall–Kier alpha value is -2.55. The van der Waals surface area contributed by atoms with Gasteiger partial charge in [-0.3, -0.25) is 5.32 Å². The lowest BCUT2D eigenvalue weighted by Crippen LogP contribution is -2.27. The zero-order chi connectivity index (χ0) is 16.0. The Morgan fingerprint density at radius 3 is 2.57 bits per heavy atom. The molecule has 6 nitrogen and oxygen atoms in total. The van der Waals surface area contributed by atoms with Gasteiger partial charge < -0.3 is 9.47 Å². The average Bonchev–Trinajstić information content (AvgIpc) is 2.36. The molecule has 0 bridgehead atoms. The molecule has 0 unspecified atom stereocenters. The fourth-order valence-electron chi connectivity index (χ4n) is 1.40. The summed E-state index contributed by atoms with van der Waals surface area (Å²) in [6.07, 6.45) is -1.45. The van der Waals surface area contributed by atoms with Gasteiger partial charge in [0.15, 0.2) is 6.10 Å². The van der Waals surface area contributed by atoms with Crippen LogP contribution in [-0.2, 0) is 9.47 Å². The van der Waals surface area contributed by atoms with Crippen molar-refractivity contribution in [2.24, 2.45) is 0 Å². The van der Waals surface area contributed by atoms with Crippen molar-refractivity contribution < 1.29 is 19.1 Å². The number of ether oxygens (including phenoxy) is 2. The fourth-order valence-corrected chi connectivity index (χ4v) is 1.40. The molecule has 0 aliphatic rings. The van der Waals surface area contributed by atoms with E-state index in [0.717, 1.165) is 0 Å². The first kappa shape index (κ1) is 16.5. The molecule has 0 heterocycles. The van der Waals surface area contributed by atoms with Gasteiger partial charge in [-0.15, -0.1) is 0 Å². The summed E-state index contributed by atoms with van der Waals surface area (Å²) < 4.78 is 10.00. The van der Waals surface area contributed by atoms with Crippen LogP contribution < -0.4 is 5.32 Å². The molecule has 0 radical (unpaired) electrons. The van der Waals surface area contributed by atoms with Crippen LogP contribution in [0.5, 0.6) is 0 Å². The SMILES string of the molecule is C[C@H](C#N)OC(=O)c1cccc(NC(=O)OC(C)(C)C)c1. The van der Waals surface area contributed by atoms with Gasteiger partial charge in [-0.05, 0) is 45.9 Å². The van der Waals surface area contributed by atoms with Crippen LogP contribution >= 0.6 is 0 Å². The number of nitrogens with one attached hydrogen (secondary N) is 1. The number of nitriles is 1. The van der Waals surface area contributed by atoms with Crippen molar-refractivity contribution in [1.82, 2.24) is 0 Å². The van der Waals surface area contributed by atoms with Crippen LogP contribution in [0.3, 0.4) is 0 Å². The average molecular weight is 290 g/mol. The lowest BCUT2D eigenvalue weighted by atomic mass is 10.2. The highest BCUT2D eigenvalue weighted by Gasteiger charge is 2.17. The first-order valence-electron chi connectivity index (χ1n) is 6.42. The van der Waals surface area contributed by atoms with Crippen LogP contribution in [0, 0.1) is 11.3 Å². The number of carbonyl (C=O) groups is 2. The van der Waals surface area contributed by atoms with Crippen molar-refractivity contribution in [3.05, 3.63) is 29.8 Å². The molecular weight excluding hydrogens is 272 g/mol. The molecule has 0 fully saturated rings. The van der Waals surface area contributed by atoms with E-state index in [1.807, 2.05) is 0 Å². The second-order valence-electron chi connectivity index (χ2n) is 5.38. The summed E-state index contributed by atoms with van der Waals surface area (Å²) in [6, 6.07) is 8.01. The van der Waals surface area contributed by atoms with Gasteiger partial charge in [0.25, 0.3) is 0 Å². The predicted molar refractivity (Wildman–Crippen MR) is 76.8 cm³/mol. The van der Waals surface area contributed by atoms with E-state index < -0.39 is 23.8 Å². The highest BCUT2D eigenvalue weighted by Crippen LogP contribution is 2.14. The lowest BCUT2D eigenvalue weighted by molar-refractivity contribution is 0.0434. The first-order valence-corrected chi connectivity index (χ1v) is 6.42. The monoisotopic (exact) mass is 290 g/mol. The number of amides is 1. The standard InChI is InChI=1S/C15H18N2O4/c1-10(9-16)20-13(18)11-6-5-7-12(8-11)17-14(19)21-15(2,3)4/h5-8,10H,1-4H3,(H,17,19)/t10-/m1/s1. The smallest absolute Gasteiger partial charge is 0.412 e. The fraction of sp³-hybridized carbons (Fsp3) is 0.400. The van der Waals surface area contributed by atoms with E-state index in [9.17, 15) is 9.59 Å². The van der Waals surface area contributed by atoms with Crippen molar-refractivity contribution >= 4 is 17.7 Å². The van der Waals surface area contributed by atoms with E-state index in [1.165, 1.54) is 19.1 Å². The molecule has 1 aromatic rings. The maximum atomic E-state index is 11.8. The van der Waals surface area contributed by atoms with Gasteiger partial charge in [0.05, 0.1) is 5.56 Å². The quantitative estimate of drug-likeness (QED) is 0.864. The summed E-state index contributed by atoms with van der Waals surface area (Å²) in [7, 11) is 0. The molecule has 1 rings (SSSR count). The molecule has 1 N–H and O–H groups in total. The van der Waals surface area contributed by atoms with Crippen molar-refractivity contribution in [1.29, 1.82) is 5.26 Å². The number of nitrogens with zero attached hydrogens (tertiary/aromatic N) is 1. The van der Waals surface area contributed by atoms with Gasteiger partial charge in [0.2, 0.25) is 0 Å². The van der Waals surface area contributed by atoms with Crippen molar-refractivity contribution in [2.45, 2.75) is 39.4 Å². The van der Waals surface area contributed by atoms with Gasteiger partial charge in [-0.1, -0.05) is 6.07 Å². The number of esters is 1. The predicted octanol–water partition coefficient (Wildman–Crippen LogP) is 3.10. The largest absolute Gasteiger partial charge is 0.444 e. The van der Waals surface area contributed by atoms with Gasteiger partial charge >= 0.3 is 12.1 Å². The molecule has 21 heavy (non-hydrogen) atoms. The second-order valence-corrected chi connectivity index (χ2v) is 5.38. The minimum absolute atomic E-state index is 0.241. The molecule has 0 saturated carbocycles. The summed E-state index contributed by atoms with van der Waals surface area (Å²) in [4.78, 5) is 23.4. The minimum Gasteiger partial charge on any atom is -0.444 e. The number of anilines is 1. The Balaban J connectivity index is 2.75. The third kappa shape index (κ3) is 5.95. The third-order valence-corrected chi connectivity index (χ3v) is 2.21. The Morgan fingerprint density at radius 2 is 2.00 bits per heavy atom. The highest BCUT2D eigenvalue weighted by molar-refractivity contribution is 5.92. The number of carbonyl (C=O) groups excluding carboxylic acids is 2. The molecule has 0 aliphatic heterocycles. The summed E-state index contributed by atoms with van der Waals surface area (Å²) in [5.74, 6) is -0.628. The zero-order valence-corrected chi connectivity index (χ0v) is 12.5. The number of hydrogen-bond acceptors (Lipinski definition) is 5. The van der Waals surface area contributed by atoms with Crippen molar-refractivity contribution in [3.63, 3.8) is 0 Å². The normalized spacial score (nSPS) is 12.0. The molecule has 0 aliphatic carbocycles. The van der Waals surface area contributed by atoms with Crippen LogP contribution in [0.1, 0.15) is 38.1 Å². The molecule has 0 aromatic heterocycles. The third-order valence-electron chi connectivity index (χ3n) is 2.21. The van der Waals surface area contributed by atoms with Crippen LogP contribution in [0.25, 0.3) is 0 Å². The van der Waals surface area contributed by atoms with Gasteiger partial charge in [0, 0.05) is 5.69 Å². The van der Waals surface area contributed by atoms with Gasteiger partial charge in [-0.2, -0.15) is 5.26 Å². The number of benzene rings is 1. The molecular formula is C15H18N2O4. The molecule has 1 aromatic carbocycles. The maximum Gasteiger partial charge on any atom is 0.412 e. The van der Waals surface area contributed by atoms with E-state index >= 15 is 0 Å². The number of hydrogen-bond donors (Lipinski definition) is 1. The summed E-state index contributed by atoms with van der Waals surface area (Å²) in [6.45, 7) is 6.73. The van der Waals surface area contributed by atoms with E-state index in [2.05, 4.69) is 5.32 Å². The Bertz CT molecular complexity index is 570. The van der Waals surface area contributed by atoms with E-state index in [-0.39, 0.29) is 5.56 Å². The van der Waals surface area contributed by atoms with Crippen LogP contribution in [0.4, 0.5) is 10.5 Å². The Morgan fingerprint density at radius 1 is 1.33 bits per heavy atom. The van der Waals surface area contributed by atoms with E-state index in [1.54, 1.807) is 39.0 Å². The Labute approximate surface area is 123 Å². The molecule has 0 spiro atoms. The van der Waals surface area contributed by atoms with Gasteiger partial charge in [-0.25, -0.2) is 9.59 Å². The van der Waals surface area contributed by atoms with E-state index in [4.69, 9.17) is 14.7 Å². The minimum atomic E-state index is -0.833. The van der Waals surface area contributed by atoms with Crippen LogP contribution in [-0.4, -0.2) is 23.8 Å². The Kier molecular flexibility index (Phi) is 5.30. The highest BCUT2D eigenvalue weighted by atomic mass is 16.6. The number of rotatable bonds is 3. The summed E-state index contributed by atoms with van der Waals surface area (Å²) in [5, 5.41) is 11.1. The van der Waals surface area contributed by atoms with Gasteiger partial charge in [0.1, 0.15) is 11.7 Å². The van der Waals surface area contributed by atoms with E-state index in [0.29, 0.717) is 5.69 Å². The summed E-state index contributed by atoms with van der Waals surface area (Å²) in [5.41, 5.74) is 0.0389. The summed E-state index contributed by atoms with van der Waals surface area (Å²) >= 11 is 0. The molecule has 1 amide bonds. The zero-order valence-electron chi connectivity index (χ0n) is 12.5. The second kappa shape index (κ2) is 6.75. The molecule has 112 valence electrons. The molecule has 1 atom stereocenters. The lowest BCUT2D eigenvalue weighted by Gasteiger charge is -2.19.